The molecule has 0 aromatic rings. The maximum Gasteiger partial charge on any atom is 0.184 e. The number of aliphatic hydroxyl groups is 3. The average molecular weight is 176 g/mol. The van der Waals surface area contributed by atoms with Crippen LogP contribution in [0.2, 0.25) is 0 Å². The van der Waals surface area contributed by atoms with Crippen LogP contribution in [0.15, 0.2) is 0 Å². The summed E-state index contributed by atoms with van der Waals surface area (Å²) >= 11 is 0. The summed E-state index contributed by atoms with van der Waals surface area (Å²) in [5.41, 5.74) is -0.998. The molecule has 5 heteroatoms. The van der Waals surface area contributed by atoms with Crippen molar-refractivity contribution in [2.24, 2.45) is 0 Å². The molecule has 0 radical (unpaired) electrons. The van der Waals surface area contributed by atoms with Gasteiger partial charge in [-0.15, -0.1) is 0 Å². The second-order valence-electron chi connectivity index (χ2n) is 3.26. The Morgan fingerprint density at radius 2 is 2.17 bits per heavy atom. The normalized spacial score (nSPS) is 52.8. The second kappa shape index (κ2) is 2.65. The van der Waals surface area contributed by atoms with Crippen molar-refractivity contribution in [3.05, 3.63) is 0 Å². The fourth-order valence-electron chi connectivity index (χ4n) is 1.79. The molecule has 2 fully saturated rings. The van der Waals surface area contributed by atoms with Crippen LogP contribution in [-0.2, 0) is 9.47 Å². The fraction of sp³-hybridized carbons (Fsp3) is 1.00. The Bertz CT molecular complexity index is 185. The first-order valence-corrected chi connectivity index (χ1v) is 3.96. The van der Waals surface area contributed by atoms with Gasteiger partial charge in [0.2, 0.25) is 0 Å². The summed E-state index contributed by atoms with van der Waals surface area (Å²) in [5.74, 6) is 0. The minimum Gasteiger partial charge on any atom is -0.393 e. The van der Waals surface area contributed by atoms with E-state index in [-0.39, 0.29) is 6.61 Å². The molecule has 1 unspecified atom stereocenters. The molecule has 0 aliphatic carbocycles. The molecule has 5 nitrogen and oxygen atoms in total. The molecule has 4 atom stereocenters. The molecular weight excluding hydrogens is 164 g/mol. The van der Waals surface area contributed by atoms with Crippen molar-refractivity contribution >= 4 is 0 Å². The van der Waals surface area contributed by atoms with Gasteiger partial charge in [0.05, 0.1) is 13.2 Å². The van der Waals surface area contributed by atoms with E-state index in [2.05, 4.69) is 0 Å². The van der Waals surface area contributed by atoms with E-state index in [9.17, 15) is 10.2 Å². The predicted molar refractivity (Wildman–Crippen MR) is 37.3 cm³/mol. The largest absolute Gasteiger partial charge is 0.393 e. The summed E-state index contributed by atoms with van der Waals surface area (Å²) in [6.45, 7) is 0.116. The summed E-state index contributed by atoms with van der Waals surface area (Å²) in [5, 5.41) is 27.8. The maximum absolute atomic E-state index is 9.56. The Morgan fingerprint density at radius 3 is 2.75 bits per heavy atom. The Hall–Kier alpha value is -0.200. The van der Waals surface area contributed by atoms with Gasteiger partial charge in [0.25, 0.3) is 0 Å². The first kappa shape index (κ1) is 8.40. The first-order chi connectivity index (χ1) is 5.69. The lowest BCUT2D eigenvalue weighted by Gasteiger charge is -2.33. The van der Waals surface area contributed by atoms with Gasteiger partial charge >= 0.3 is 0 Å². The third-order valence-corrected chi connectivity index (χ3v) is 2.59. The molecule has 2 bridgehead atoms. The van der Waals surface area contributed by atoms with Gasteiger partial charge in [-0.25, -0.2) is 0 Å². The van der Waals surface area contributed by atoms with E-state index in [1.165, 1.54) is 0 Å². The van der Waals surface area contributed by atoms with E-state index >= 15 is 0 Å². The van der Waals surface area contributed by atoms with Crippen LogP contribution in [0.1, 0.15) is 6.42 Å². The molecule has 0 amide bonds. The van der Waals surface area contributed by atoms with Crippen molar-refractivity contribution in [3.8, 4) is 0 Å². The number of aliphatic hydroxyl groups excluding tert-OH is 3. The van der Waals surface area contributed by atoms with Crippen LogP contribution in [0.3, 0.4) is 0 Å². The van der Waals surface area contributed by atoms with Crippen molar-refractivity contribution in [2.45, 2.75) is 30.5 Å². The van der Waals surface area contributed by atoms with Gasteiger partial charge in [-0.2, -0.15) is 0 Å². The lowest BCUT2D eigenvalue weighted by atomic mass is 9.91. The smallest absolute Gasteiger partial charge is 0.184 e. The van der Waals surface area contributed by atoms with E-state index in [1.807, 2.05) is 0 Å². The van der Waals surface area contributed by atoms with Crippen LogP contribution < -0.4 is 0 Å². The highest BCUT2D eigenvalue weighted by molar-refractivity contribution is 5.02. The molecule has 3 N–H and O–H groups in total. The van der Waals surface area contributed by atoms with Crippen LogP contribution in [0, 0.1) is 0 Å². The van der Waals surface area contributed by atoms with Crippen LogP contribution in [-0.4, -0.2) is 52.6 Å². The summed E-state index contributed by atoms with van der Waals surface area (Å²) in [6, 6.07) is 0. The van der Waals surface area contributed by atoms with E-state index < -0.39 is 24.1 Å². The molecule has 0 aromatic carbocycles. The average Bonchev–Trinajstić information content (AvgIpc) is 2.23. The van der Waals surface area contributed by atoms with Gasteiger partial charge in [-0.05, 0) is 0 Å². The number of hydrogen-bond donors (Lipinski definition) is 3. The SMILES string of the molecule is OC[C@]12CCO[C@@H](C1O)[C@H](O)O2. The highest BCUT2D eigenvalue weighted by Crippen LogP contribution is 2.38. The van der Waals surface area contributed by atoms with Crippen molar-refractivity contribution in [1.29, 1.82) is 0 Å². The molecule has 2 heterocycles. The minimum atomic E-state index is -1.12. The summed E-state index contributed by atoms with van der Waals surface area (Å²) in [4.78, 5) is 0. The zero-order chi connectivity index (χ0) is 8.77. The molecule has 12 heavy (non-hydrogen) atoms. The monoisotopic (exact) mass is 176 g/mol. The minimum absolute atomic E-state index is 0.287. The van der Waals surface area contributed by atoms with Crippen molar-refractivity contribution in [2.75, 3.05) is 13.2 Å². The lowest BCUT2D eigenvalue weighted by molar-refractivity contribution is -0.166. The Balaban J connectivity index is 2.24. The molecule has 2 rings (SSSR count). The van der Waals surface area contributed by atoms with E-state index in [0.29, 0.717) is 13.0 Å². The molecule has 0 saturated carbocycles. The molecule has 0 aromatic heterocycles. The Morgan fingerprint density at radius 1 is 1.42 bits per heavy atom. The second-order valence-corrected chi connectivity index (χ2v) is 3.26. The fourth-order valence-corrected chi connectivity index (χ4v) is 1.79. The topological polar surface area (TPSA) is 79.2 Å². The van der Waals surface area contributed by atoms with Crippen molar-refractivity contribution < 1.29 is 24.8 Å². The third-order valence-electron chi connectivity index (χ3n) is 2.59. The van der Waals surface area contributed by atoms with Crippen molar-refractivity contribution in [3.63, 3.8) is 0 Å². The van der Waals surface area contributed by atoms with Gasteiger partial charge in [0, 0.05) is 6.42 Å². The summed E-state index contributed by atoms with van der Waals surface area (Å²) < 4.78 is 10.1. The third kappa shape index (κ3) is 0.915. The van der Waals surface area contributed by atoms with Crippen LogP contribution in [0.4, 0.5) is 0 Å². The standard InChI is InChI=1S/C7H12O5/c8-3-7-1-2-11-4(5(7)9)6(10)12-7/h4-6,8-10H,1-3H2/t4-,5?,6+,7+/m0/s1. The number of rotatable bonds is 1. The van der Waals surface area contributed by atoms with Gasteiger partial charge in [-0.1, -0.05) is 0 Å². The Kier molecular flexibility index (Phi) is 1.85. The molecule has 0 spiro atoms. The predicted octanol–water partition coefficient (Wildman–Crippen LogP) is -1.78. The zero-order valence-electron chi connectivity index (χ0n) is 6.51. The number of fused-ring (bicyclic) bond motifs is 2. The van der Waals surface area contributed by atoms with Gasteiger partial charge in [0.15, 0.2) is 6.29 Å². The zero-order valence-corrected chi connectivity index (χ0v) is 6.51. The molecule has 2 aliphatic heterocycles. The number of ether oxygens (including phenoxy) is 2. The molecular formula is C7H12O5. The first-order valence-electron chi connectivity index (χ1n) is 3.96. The van der Waals surface area contributed by atoms with Crippen LogP contribution in [0.25, 0.3) is 0 Å². The highest BCUT2D eigenvalue weighted by atomic mass is 16.7. The van der Waals surface area contributed by atoms with Crippen LogP contribution >= 0.6 is 0 Å². The molecule has 2 saturated heterocycles. The van der Waals surface area contributed by atoms with Gasteiger partial charge in [-0.3, -0.25) is 0 Å². The molecule has 70 valence electrons. The molecule has 2 aliphatic rings. The summed E-state index contributed by atoms with van der Waals surface area (Å²) in [6.07, 6.45) is -2.33. The summed E-state index contributed by atoms with van der Waals surface area (Å²) in [7, 11) is 0. The van der Waals surface area contributed by atoms with E-state index in [0.717, 1.165) is 0 Å². The number of hydrogen-bond acceptors (Lipinski definition) is 5. The van der Waals surface area contributed by atoms with Gasteiger partial charge < -0.3 is 24.8 Å². The quantitative estimate of drug-likeness (QED) is 0.440. The highest BCUT2D eigenvalue weighted by Gasteiger charge is 2.57. The van der Waals surface area contributed by atoms with E-state index in [1.54, 1.807) is 0 Å². The maximum atomic E-state index is 9.56. The van der Waals surface area contributed by atoms with E-state index in [4.69, 9.17) is 14.6 Å². The van der Waals surface area contributed by atoms with Crippen LogP contribution in [0.5, 0.6) is 0 Å². The van der Waals surface area contributed by atoms with Gasteiger partial charge in [0.1, 0.15) is 17.8 Å². The van der Waals surface area contributed by atoms with Crippen molar-refractivity contribution in [1.82, 2.24) is 0 Å². The Labute approximate surface area is 69.5 Å². The lowest BCUT2D eigenvalue weighted by Crippen LogP contribution is -2.51.